The average molecular weight is 926 g/mol. The fraction of sp³-hybridized carbons (Fsp3) is 0.0597. The highest BCUT2D eigenvalue weighted by molar-refractivity contribution is 7.22. The number of anilines is 1. The smallest absolute Gasteiger partial charge is 0.145 e. The Labute approximate surface area is 416 Å². The van der Waals surface area contributed by atoms with E-state index < -0.39 is 0 Å². The Balaban J connectivity index is 1.00. The number of aromatic nitrogens is 1. The Hall–Kier alpha value is -8.57. The molecule has 0 bridgehead atoms. The van der Waals surface area contributed by atoms with Crippen molar-refractivity contribution in [2.24, 2.45) is 4.99 Å². The second kappa shape index (κ2) is 16.8. The van der Waals surface area contributed by atoms with Crippen LogP contribution in [0.5, 0.6) is 0 Å². The number of thiophene rings is 1. The minimum absolute atomic E-state index is 0.295. The van der Waals surface area contributed by atoms with E-state index in [0.717, 1.165) is 45.9 Å². The number of allylic oxidation sites excluding steroid dienone is 4. The molecule has 3 heterocycles. The van der Waals surface area contributed by atoms with Gasteiger partial charge in [-0.1, -0.05) is 213 Å². The molecule has 0 fully saturated rings. The molecule has 1 N–H and O–H groups in total. The lowest BCUT2D eigenvalue weighted by molar-refractivity contribution is 0.896. The summed E-state index contributed by atoms with van der Waals surface area (Å²) < 4.78 is 3.75. The van der Waals surface area contributed by atoms with Crippen molar-refractivity contribution in [2.45, 2.75) is 25.9 Å². The van der Waals surface area contributed by atoms with Crippen molar-refractivity contribution in [3.05, 3.63) is 252 Å². The molecule has 0 radical (unpaired) electrons. The monoisotopic (exact) mass is 925 g/mol. The summed E-state index contributed by atoms with van der Waals surface area (Å²) in [6.07, 6.45) is 10.8. The van der Waals surface area contributed by atoms with Crippen molar-refractivity contribution in [1.82, 2.24) is 4.57 Å². The van der Waals surface area contributed by atoms with Gasteiger partial charge in [0.15, 0.2) is 0 Å². The van der Waals surface area contributed by atoms with E-state index >= 15 is 0 Å². The van der Waals surface area contributed by atoms with Gasteiger partial charge in [0, 0.05) is 37.2 Å². The molecule has 3 nitrogen and oxygen atoms in total. The van der Waals surface area contributed by atoms with E-state index in [1.54, 1.807) is 0 Å². The minimum atomic E-state index is -0.295. The number of hydrogen-bond acceptors (Lipinski definition) is 3. The summed E-state index contributed by atoms with van der Waals surface area (Å²) in [5.41, 5.74) is 16.6. The molecule has 0 amide bonds. The fourth-order valence-electron chi connectivity index (χ4n) is 11.3. The van der Waals surface area contributed by atoms with Gasteiger partial charge in [-0.25, -0.2) is 0 Å². The van der Waals surface area contributed by atoms with Gasteiger partial charge in [-0.2, -0.15) is 0 Å². The molecule has 2 aromatic heterocycles. The maximum absolute atomic E-state index is 5.78. The van der Waals surface area contributed by atoms with Crippen LogP contribution in [-0.2, 0) is 0 Å². The molecule has 14 rings (SSSR count). The van der Waals surface area contributed by atoms with Crippen molar-refractivity contribution in [3.8, 4) is 39.1 Å². The van der Waals surface area contributed by atoms with Crippen LogP contribution in [0.1, 0.15) is 30.2 Å². The number of rotatable bonds is 7. The van der Waals surface area contributed by atoms with E-state index in [-0.39, 0.29) is 6.17 Å². The van der Waals surface area contributed by atoms with Gasteiger partial charge < -0.3 is 9.88 Å². The van der Waals surface area contributed by atoms with E-state index in [2.05, 4.69) is 247 Å². The maximum atomic E-state index is 5.78. The zero-order valence-electron chi connectivity index (χ0n) is 39.2. The third kappa shape index (κ3) is 6.89. The Kier molecular flexibility index (Phi) is 9.82. The van der Waals surface area contributed by atoms with E-state index in [1.807, 2.05) is 11.3 Å². The molecule has 1 aliphatic carbocycles. The average Bonchev–Trinajstić information content (AvgIpc) is 3.85. The van der Waals surface area contributed by atoms with Crippen LogP contribution in [0.15, 0.2) is 247 Å². The van der Waals surface area contributed by atoms with Crippen LogP contribution >= 0.6 is 11.3 Å². The predicted molar refractivity (Wildman–Crippen MR) is 305 cm³/mol. The van der Waals surface area contributed by atoms with Gasteiger partial charge in [0.25, 0.3) is 0 Å². The standard InChI is InChI=1S/C67H47N3S/c1-2-42-16-13-24-48(31-30-42)67-68-63(66-64(69-67)59-40-56(57(41-62(59)71-66)45-19-7-4-8-20-45)47-34-32-44(33-35-47)43-17-5-3-6-18-43)54-28-14-27-53-52(54)26-15-29-60(53)70-61-39-50-23-10-9-22-49(50)38-58(61)55-37-36-46-21-11-12-25-51(46)65(55)70/h3-15,17-41,67,69H,2,16H2,1H3. The van der Waals surface area contributed by atoms with Gasteiger partial charge in [-0.15, -0.1) is 11.3 Å². The normalized spacial score (nSPS) is 14.7. The lowest BCUT2D eigenvalue weighted by Crippen LogP contribution is -2.26. The first-order valence-electron chi connectivity index (χ1n) is 24.7. The molecule has 4 heteroatoms. The molecule has 0 saturated heterocycles. The summed E-state index contributed by atoms with van der Waals surface area (Å²) in [5.74, 6) is 0. The maximum Gasteiger partial charge on any atom is 0.145 e. The fourth-order valence-corrected chi connectivity index (χ4v) is 12.5. The van der Waals surface area contributed by atoms with E-state index in [1.165, 1.54) is 103 Å². The third-order valence-electron chi connectivity index (χ3n) is 14.9. The molecular formula is C67H47N3S. The van der Waals surface area contributed by atoms with Crippen molar-refractivity contribution >= 4 is 86.9 Å². The molecule has 1 unspecified atom stereocenters. The molecule has 2 aliphatic rings. The second-order valence-electron chi connectivity index (χ2n) is 18.9. The number of nitrogens with one attached hydrogen (secondary N) is 1. The molecule has 12 aromatic rings. The Morgan fingerprint density at radius 1 is 0.521 bits per heavy atom. The van der Waals surface area contributed by atoms with E-state index in [4.69, 9.17) is 4.99 Å². The summed E-state index contributed by atoms with van der Waals surface area (Å²) in [6.45, 7) is 2.24. The lowest BCUT2D eigenvalue weighted by Gasteiger charge is -2.25. The van der Waals surface area contributed by atoms with Crippen LogP contribution in [0.2, 0.25) is 0 Å². The number of aliphatic imine (C=N–C) groups is 1. The topological polar surface area (TPSA) is 29.3 Å². The summed E-state index contributed by atoms with van der Waals surface area (Å²) in [5, 5.41) is 15.1. The van der Waals surface area contributed by atoms with E-state index in [9.17, 15) is 0 Å². The summed E-state index contributed by atoms with van der Waals surface area (Å²) in [6, 6.07) is 76.0. The SMILES string of the molecule is CCC1=CC=C(C2N=C(c3cccc4c(-n5c6cc7ccccc7cc6c6ccc7ccccc7c65)cccc34)c3sc4cc(-c5ccccc5)c(-c5ccc(-c6ccccc6)cc5)cc4c3N2)C=CC1. The highest BCUT2D eigenvalue weighted by Gasteiger charge is 2.30. The van der Waals surface area contributed by atoms with Crippen LogP contribution < -0.4 is 5.32 Å². The van der Waals surface area contributed by atoms with Gasteiger partial charge in [0.05, 0.1) is 33.0 Å². The van der Waals surface area contributed by atoms with Crippen LogP contribution in [0.25, 0.3) is 103 Å². The van der Waals surface area contributed by atoms with Gasteiger partial charge >= 0.3 is 0 Å². The predicted octanol–water partition coefficient (Wildman–Crippen LogP) is 18.3. The van der Waals surface area contributed by atoms with Crippen molar-refractivity contribution < 1.29 is 0 Å². The first-order valence-corrected chi connectivity index (χ1v) is 25.6. The van der Waals surface area contributed by atoms with Gasteiger partial charge in [0.1, 0.15) is 6.17 Å². The summed E-state index contributed by atoms with van der Waals surface area (Å²) >= 11 is 1.84. The molecule has 0 spiro atoms. The van der Waals surface area contributed by atoms with Gasteiger partial charge in [0.2, 0.25) is 0 Å². The number of benzene rings is 10. The van der Waals surface area contributed by atoms with Crippen LogP contribution in [0.3, 0.4) is 0 Å². The molecule has 336 valence electrons. The third-order valence-corrected chi connectivity index (χ3v) is 16.0. The Morgan fingerprint density at radius 2 is 1.18 bits per heavy atom. The minimum Gasteiger partial charge on any atom is -0.358 e. The molecule has 0 saturated carbocycles. The van der Waals surface area contributed by atoms with Gasteiger partial charge in [-0.05, 0) is 104 Å². The van der Waals surface area contributed by atoms with Crippen molar-refractivity contribution in [1.29, 1.82) is 0 Å². The molecule has 71 heavy (non-hydrogen) atoms. The molecule has 1 atom stereocenters. The quantitative estimate of drug-likeness (QED) is 0.170. The zero-order chi connectivity index (χ0) is 47.0. The lowest BCUT2D eigenvalue weighted by atomic mass is 9.91. The molecule has 10 aromatic carbocycles. The number of hydrogen-bond donors (Lipinski definition) is 1. The first-order chi connectivity index (χ1) is 35.1. The Bertz CT molecular complexity index is 4240. The summed E-state index contributed by atoms with van der Waals surface area (Å²) in [7, 11) is 0. The van der Waals surface area contributed by atoms with Gasteiger partial charge in [-0.3, -0.25) is 4.99 Å². The Morgan fingerprint density at radius 3 is 2.00 bits per heavy atom. The van der Waals surface area contributed by atoms with Crippen LogP contribution in [0.4, 0.5) is 5.69 Å². The largest absolute Gasteiger partial charge is 0.358 e. The second-order valence-corrected chi connectivity index (χ2v) is 20.0. The molecular weight excluding hydrogens is 879 g/mol. The van der Waals surface area contributed by atoms with E-state index in [0.29, 0.717) is 0 Å². The highest BCUT2D eigenvalue weighted by Crippen LogP contribution is 2.48. The van der Waals surface area contributed by atoms with Crippen LogP contribution in [0, 0.1) is 0 Å². The van der Waals surface area contributed by atoms with Crippen molar-refractivity contribution in [2.75, 3.05) is 5.32 Å². The van der Waals surface area contributed by atoms with Crippen LogP contribution in [-0.4, -0.2) is 16.4 Å². The number of nitrogens with zero attached hydrogens (tertiary/aromatic N) is 2. The highest BCUT2D eigenvalue weighted by atomic mass is 32.1. The zero-order valence-corrected chi connectivity index (χ0v) is 40.1. The summed E-state index contributed by atoms with van der Waals surface area (Å²) in [4.78, 5) is 6.94. The number of fused-ring (bicyclic) bond motifs is 10. The first kappa shape index (κ1) is 41.4. The molecule has 1 aliphatic heterocycles. The van der Waals surface area contributed by atoms with Crippen molar-refractivity contribution in [3.63, 3.8) is 0 Å².